The van der Waals surface area contributed by atoms with Crippen LogP contribution in [0.1, 0.15) is 47.0 Å². The molecule has 0 aliphatic heterocycles. The summed E-state index contributed by atoms with van der Waals surface area (Å²) in [6.45, 7) is 11.3. The summed E-state index contributed by atoms with van der Waals surface area (Å²) in [6.07, 6.45) is 7.18. The summed E-state index contributed by atoms with van der Waals surface area (Å²) in [7, 11) is 0. The van der Waals surface area contributed by atoms with E-state index >= 15 is 0 Å². The number of allylic oxidation sites excluding steroid dienone is 2. The fraction of sp³-hybridized carbons (Fsp3) is 0.600. The Morgan fingerprint density at radius 3 is 2.35 bits per heavy atom. The molecule has 0 fully saturated rings. The molecule has 0 aliphatic carbocycles. The summed E-state index contributed by atoms with van der Waals surface area (Å²) in [4.78, 5) is 0. The first kappa shape index (κ1) is 16.1. The van der Waals surface area contributed by atoms with Crippen molar-refractivity contribution in [1.82, 2.24) is 0 Å². The van der Waals surface area contributed by atoms with E-state index in [0.29, 0.717) is 12.8 Å². The van der Waals surface area contributed by atoms with Crippen molar-refractivity contribution in [3.8, 4) is 0 Å². The molecule has 0 saturated carbocycles. The first-order valence-corrected chi connectivity index (χ1v) is 6.12. The van der Waals surface area contributed by atoms with Gasteiger partial charge in [-0.15, -0.1) is 6.58 Å². The van der Waals surface area contributed by atoms with Crippen LogP contribution < -0.4 is 0 Å². The fourth-order valence-electron chi connectivity index (χ4n) is 1.36. The zero-order valence-electron chi connectivity index (χ0n) is 11.5. The van der Waals surface area contributed by atoms with Crippen LogP contribution in [0.15, 0.2) is 36.0 Å². The van der Waals surface area contributed by atoms with E-state index in [1.165, 1.54) is 5.57 Å². The Morgan fingerprint density at radius 1 is 1.29 bits per heavy atom. The number of aliphatic hydroxyl groups excluding tert-OH is 1. The number of hydrogen-bond donors (Lipinski definition) is 2. The molecule has 0 aromatic carbocycles. The van der Waals surface area contributed by atoms with Crippen LogP contribution in [0.3, 0.4) is 0 Å². The maximum absolute atomic E-state index is 9.86. The molecular weight excluding hydrogens is 212 g/mol. The SMILES string of the molecule is C=CC(C)(O)CCC=C(C)C(O)CC=C(C)C. The molecule has 0 aromatic heterocycles. The third kappa shape index (κ3) is 7.94. The summed E-state index contributed by atoms with van der Waals surface area (Å²) in [5.74, 6) is 0. The molecule has 0 spiro atoms. The lowest BCUT2D eigenvalue weighted by molar-refractivity contribution is 0.103. The van der Waals surface area contributed by atoms with Crippen LogP contribution in [0, 0.1) is 0 Å². The molecule has 0 saturated heterocycles. The lowest BCUT2D eigenvalue weighted by atomic mass is 9.98. The fourth-order valence-corrected chi connectivity index (χ4v) is 1.36. The van der Waals surface area contributed by atoms with Crippen molar-refractivity contribution in [2.24, 2.45) is 0 Å². The highest BCUT2D eigenvalue weighted by Gasteiger charge is 2.13. The van der Waals surface area contributed by atoms with Gasteiger partial charge in [-0.25, -0.2) is 0 Å². The smallest absolute Gasteiger partial charge is 0.0800 e. The molecular formula is C15H26O2. The average Bonchev–Trinajstić information content (AvgIpc) is 2.25. The molecule has 2 atom stereocenters. The Hall–Kier alpha value is -0.860. The Kier molecular flexibility index (Phi) is 7.09. The van der Waals surface area contributed by atoms with Gasteiger partial charge in [0.25, 0.3) is 0 Å². The monoisotopic (exact) mass is 238 g/mol. The molecule has 0 aliphatic rings. The standard InChI is InChI=1S/C15H26O2/c1-6-15(5,17)11-7-8-13(4)14(16)10-9-12(2)3/h6,8-9,14,16-17H,1,7,10-11H2,2-5H3. The second kappa shape index (κ2) is 7.46. The molecule has 2 unspecified atom stereocenters. The molecule has 2 heteroatoms. The van der Waals surface area contributed by atoms with E-state index in [-0.39, 0.29) is 0 Å². The van der Waals surface area contributed by atoms with Gasteiger partial charge in [-0.1, -0.05) is 23.8 Å². The van der Waals surface area contributed by atoms with Crippen LogP contribution in [0.25, 0.3) is 0 Å². The van der Waals surface area contributed by atoms with Crippen LogP contribution in [0.2, 0.25) is 0 Å². The van der Waals surface area contributed by atoms with Crippen molar-refractivity contribution in [2.75, 3.05) is 0 Å². The van der Waals surface area contributed by atoms with Gasteiger partial charge < -0.3 is 10.2 Å². The van der Waals surface area contributed by atoms with Gasteiger partial charge in [0.05, 0.1) is 11.7 Å². The Bertz CT molecular complexity index is 294. The molecule has 0 rings (SSSR count). The summed E-state index contributed by atoms with van der Waals surface area (Å²) < 4.78 is 0. The first-order chi connectivity index (χ1) is 7.78. The van der Waals surface area contributed by atoms with Crippen molar-refractivity contribution in [1.29, 1.82) is 0 Å². The van der Waals surface area contributed by atoms with E-state index in [4.69, 9.17) is 0 Å². The van der Waals surface area contributed by atoms with Gasteiger partial charge in [0, 0.05) is 0 Å². The molecule has 0 aromatic rings. The third-order valence-corrected chi connectivity index (χ3v) is 2.83. The Morgan fingerprint density at radius 2 is 1.88 bits per heavy atom. The van der Waals surface area contributed by atoms with E-state index in [1.54, 1.807) is 13.0 Å². The predicted octanol–water partition coefficient (Wildman–Crippen LogP) is 3.37. The quantitative estimate of drug-likeness (QED) is 0.668. The average molecular weight is 238 g/mol. The lowest BCUT2D eigenvalue weighted by Gasteiger charge is -2.17. The van der Waals surface area contributed by atoms with Gasteiger partial charge in [0.2, 0.25) is 0 Å². The van der Waals surface area contributed by atoms with E-state index in [0.717, 1.165) is 12.0 Å². The van der Waals surface area contributed by atoms with Gasteiger partial charge >= 0.3 is 0 Å². The second-order valence-corrected chi connectivity index (χ2v) is 5.08. The van der Waals surface area contributed by atoms with Crippen LogP contribution in [-0.4, -0.2) is 21.9 Å². The highest BCUT2D eigenvalue weighted by molar-refractivity contribution is 5.09. The normalized spacial score (nSPS) is 17.2. The maximum Gasteiger partial charge on any atom is 0.0800 e. The molecule has 98 valence electrons. The minimum Gasteiger partial charge on any atom is -0.388 e. The van der Waals surface area contributed by atoms with Gasteiger partial charge in [0.1, 0.15) is 0 Å². The molecule has 17 heavy (non-hydrogen) atoms. The van der Waals surface area contributed by atoms with Crippen molar-refractivity contribution in [2.45, 2.75) is 58.7 Å². The Labute approximate surface area is 105 Å². The zero-order valence-corrected chi connectivity index (χ0v) is 11.5. The van der Waals surface area contributed by atoms with Crippen molar-refractivity contribution >= 4 is 0 Å². The summed E-state index contributed by atoms with van der Waals surface area (Å²) in [5.41, 5.74) is 1.36. The van der Waals surface area contributed by atoms with Crippen molar-refractivity contribution in [3.63, 3.8) is 0 Å². The number of aliphatic hydroxyl groups is 2. The van der Waals surface area contributed by atoms with E-state index in [9.17, 15) is 10.2 Å². The molecule has 2 N–H and O–H groups in total. The van der Waals surface area contributed by atoms with Crippen LogP contribution in [0.4, 0.5) is 0 Å². The summed E-state index contributed by atoms with van der Waals surface area (Å²) in [5, 5.41) is 19.6. The van der Waals surface area contributed by atoms with Gasteiger partial charge in [0.15, 0.2) is 0 Å². The van der Waals surface area contributed by atoms with Crippen molar-refractivity contribution < 1.29 is 10.2 Å². The van der Waals surface area contributed by atoms with Crippen LogP contribution in [0.5, 0.6) is 0 Å². The lowest BCUT2D eigenvalue weighted by Crippen LogP contribution is -2.19. The van der Waals surface area contributed by atoms with Gasteiger partial charge in [-0.2, -0.15) is 0 Å². The molecule has 2 nitrogen and oxygen atoms in total. The largest absolute Gasteiger partial charge is 0.388 e. The molecule has 0 bridgehead atoms. The van der Waals surface area contributed by atoms with Gasteiger partial charge in [-0.3, -0.25) is 0 Å². The summed E-state index contributed by atoms with van der Waals surface area (Å²) in [6, 6.07) is 0. The second-order valence-electron chi connectivity index (χ2n) is 5.08. The van der Waals surface area contributed by atoms with Crippen molar-refractivity contribution in [3.05, 3.63) is 36.0 Å². The molecule has 0 heterocycles. The molecule has 0 amide bonds. The van der Waals surface area contributed by atoms with Crippen LogP contribution >= 0.6 is 0 Å². The first-order valence-electron chi connectivity index (χ1n) is 6.12. The maximum atomic E-state index is 9.86. The zero-order chi connectivity index (χ0) is 13.5. The van der Waals surface area contributed by atoms with E-state index in [2.05, 4.69) is 6.58 Å². The minimum absolute atomic E-state index is 0.418. The third-order valence-electron chi connectivity index (χ3n) is 2.83. The van der Waals surface area contributed by atoms with E-state index < -0.39 is 11.7 Å². The molecule has 0 radical (unpaired) electrons. The highest BCUT2D eigenvalue weighted by Crippen LogP contribution is 2.16. The summed E-state index contributed by atoms with van der Waals surface area (Å²) >= 11 is 0. The number of rotatable bonds is 7. The predicted molar refractivity (Wildman–Crippen MR) is 73.9 cm³/mol. The van der Waals surface area contributed by atoms with Crippen LogP contribution in [-0.2, 0) is 0 Å². The highest BCUT2D eigenvalue weighted by atomic mass is 16.3. The van der Waals surface area contributed by atoms with Gasteiger partial charge in [-0.05, 0) is 52.5 Å². The number of hydrogen-bond acceptors (Lipinski definition) is 2. The Balaban J connectivity index is 4.17. The van der Waals surface area contributed by atoms with E-state index in [1.807, 2.05) is 32.9 Å². The minimum atomic E-state index is -0.818. The topological polar surface area (TPSA) is 40.5 Å².